The lowest BCUT2D eigenvalue weighted by atomic mass is 10.1. The second kappa shape index (κ2) is 9.11. The summed E-state index contributed by atoms with van der Waals surface area (Å²) in [5, 5.41) is 5.68. The normalized spacial score (nSPS) is 12.0. The topological polar surface area (TPSA) is 15.3 Å². The Morgan fingerprint density at radius 2 is 1.84 bits per heavy atom. The molecule has 1 aromatic rings. The van der Waals surface area contributed by atoms with E-state index in [0.717, 1.165) is 31.5 Å². The van der Waals surface area contributed by atoms with Crippen molar-refractivity contribution in [1.82, 2.24) is 10.2 Å². The summed E-state index contributed by atoms with van der Waals surface area (Å²) in [6.07, 6.45) is 0. The Bertz CT molecular complexity index is 340. The van der Waals surface area contributed by atoms with Crippen molar-refractivity contribution in [1.29, 1.82) is 0 Å². The zero-order valence-electron chi connectivity index (χ0n) is 12.6. The highest BCUT2D eigenvalue weighted by molar-refractivity contribution is 9.10. The van der Waals surface area contributed by atoms with E-state index in [2.05, 4.69) is 65.3 Å². The quantitative estimate of drug-likeness (QED) is 0.673. The Balaban J connectivity index is 2.23. The van der Waals surface area contributed by atoms with Crippen LogP contribution in [0.2, 0.25) is 0 Å². The van der Waals surface area contributed by atoms with E-state index in [1.807, 2.05) is 0 Å². The predicted octanol–water partition coefficient (Wildman–Crippen LogP) is 4.21. The first-order chi connectivity index (χ1) is 8.97. The van der Waals surface area contributed by atoms with Gasteiger partial charge in [-0.2, -0.15) is 0 Å². The van der Waals surface area contributed by atoms with Crippen LogP contribution in [0.4, 0.5) is 0 Å². The van der Waals surface area contributed by atoms with Crippen LogP contribution in [-0.2, 0) is 6.54 Å². The molecule has 0 amide bonds. The average molecular weight is 347 g/mol. The van der Waals surface area contributed by atoms with E-state index < -0.39 is 0 Å². The highest BCUT2D eigenvalue weighted by Crippen LogP contribution is 2.19. The van der Waals surface area contributed by atoms with Gasteiger partial charge in [0.25, 0.3) is 0 Å². The summed E-state index contributed by atoms with van der Waals surface area (Å²) in [6, 6.07) is 2.19. The molecule has 0 saturated carbocycles. The molecule has 0 saturated heterocycles. The molecule has 0 atom stereocenters. The van der Waals surface area contributed by atoms with E-state index in [9.17, 15) is 0 Å². The Labute approximate surface area is 130 Å². The first-order valence-electron chi connectivity index (χ1n) is 7.13. The Hall–Kier alpha value is 0.1000. The average Bonchev–Trinajstić information content (AvgIpc) is 2.68. The van der Waals surface area contributed by atoms with Gasteiger partial charge < -0.3 is 10.2 Å². The van der Waals surface area contributed by atoms with Crippen LogP contribution < -0.4 is 5.32 Å². The molecule has 0 unspecified atom stereocenters. The molecule has 0 aliphatic carbocycles. The second-order valence-electron chi connectivity index (χ2n) is 5.96. The van der Waals surface area contributed by atoms with E-state index in [1.54, 1.807) is 11.3 Å². The van der Waals surface area contributed by atoms with Gasteiger partial charge in [-0.1, -0.05) is 27.7 Å². The minimum absolute atomic E-state index is 0.743. The number of nitrogens with zero attached hydrogens (tertiary/aromatic N) is 1. The van der Waals surface area contributed by atoms with E-state index in [4.69, 9.17) is 0 Å². The number of hydrogen-bond acceptors (Lipinski definition) is 3. The maximum Gasteiger partial charge on any atom is 0.0300 e. The molecule has 1 aromatic heterocycles. The summed E-state index contributed by atoms with van der Waals surface area (Å²) in [7, 11) is 0. The molecular weight excluding hydrogens is 320 g/mol. The van der Waals surface area contributed by atoms with E-state index >= 15 is 0 Å². The standard InChI is InChI=1S/C15H27BrN2S/c1-12(2)9-18(10-13(3)4)6-5-17-8-15-7-14(16)11-19-15/h7,11-13,17H,5-6,8-10H2,1-4H3. The first kappa shape index (κ1) is 17.2. The molecule has 1 N–H and O–H groups in total. The van der Waals surface area contributed by atoms with Crippen molar-refractivity contribution in [3.05, 3.63) is 20.8 Å². The maximum absolute atomic E-state index is 3.54. The Morgan fingerprint density at radius 1 is 1.21 bits per heavy atom. The van der Waals surface area contributed by atoms with Gasteiger partial charge in [0, 0.05) is 47.5 Å². The Kier molecular flexibility index (Phi) is 8.23. The van der Waals surface area contributed by atoms with E-state index in [0.29, 0.717) is 0 Å². The first-order valence-corrected chi connectivity index (χ1v) is 8.80. The second-order valence-corrected chi connectivity index (χ2v) is 7.87. The van der Waals surface area contributed by atoms with Crippen LogP contribution in [-0.4, -0.2) is 31.1 Å². The van der Waals surface area contributed by atoms with Gasteiger partial charge in [-0.15, -0.1) is 11.3 Å². The molecule has 1 rings (SSSR count). The van der Waals surface area contributed by atoms with Crippen molar-refractivity contribution in [2.45, 2.75) is 34.2 Å². The fourth-order valence-corrected chi connectivity index (χ4v) is 3.61. The number of rotatable bonds is 9. The molecule has 0 spiro atoms. The van der Waals surface area contributed by atoms with Gasteiger partial charge in [0.2, 0.25) is 0 Å². The van der Waals surface area contributed by atoms with Crippen LogP contribution in [0.1, 0.15) is 32.6 Å². The lowest BCUT2D eigenvalue weighted by molar-refractivity contribution is 0.219. The van der Waals surface area contributed by atoms with E-state index in [-0.39, 0.29) is 0 Å². The molecule has 0 radical (unpaired) electrons. The number of hydrogen-bond donors (Lipinski definition) is 1. The SMILES string of the molecule is CC(C)CN(CCNCc1cc(Br)cs1)CC(C)C. The van der Waals surface area contributed by atoms with Crippen molar-refractivity contribution < 1.29 is 0 Å². The minimum atomic E-state index is 0.743. The monoisotopic (exact) mass is 346 g/mol. The molecule has 0 aliphatic heterocycles. The molecule has 2 nitrogen and oxygen atoms in total. The van der Waals surface area contributed by atoms with Crippen molar-refractivity contribution in [2.24, 2.45) is 11.8 Å². The van der Waals surface area contributed by atoms with Gasteiger partial charge in [0.05, 0.1) is 0 Å². The van der Waals surface area contributed by atoms with E-state index in [1.165, 1.54) is 22.4 Å². The molecule has 4 heteroatoms. The van der Waals surface area contributed by atoms with Crippen molar-refractivity contribution in [3.63, 3.8) is 0 Å². The summed E-state index contributed by atoms with van der Waals surface area (Å²) in [6.45, 7) is 14.8. The predicted molar refractivity (Wildman–Crippen MR) is 89.8 cm³/mol. The minimum Gasteiger partial charge on any atom is -0.311 e. The molecule has 19 heavy (non-hydrogen) atoms. The van der Waals surface area contributed by atoms with Crippen LogP contribution in [0.5, 0.6) is 0 Å². The van der Waals surface area contributed by atoms with Crippen LogP contribution in [0.3, 0.4) is 0 Å². The fraction of sp³-hybridized carbons (Fsp3) is 0.733. The molecule has 0 bridgehead atoms. The largest absolute Gasteiger partial charge is 0.311 e. The lowest BCUT2D eigenvalue weighted by Gasteiger charge is -2.26. The third-order valence-corrected chi connectivity index (χ3v) is 4.47. The van der Waals surface area contributed by atoms with Crippen LogP contribution >= 0.6 is 27.3 Å². The lowest BCUT2D eigenvalue weighted by Crippen LogP contribution is -2.36. The molecule has 1 heterocycles. The number of thiophene rings is 1. The Morgan fingerprint density at radius 3 is 2.32 bits per heavy atom. The third kappa shape index (κ3) is 8.08. The zero-order chi connectivity index (χ0) is 14.3. The van der Waals surface area contributed by atoms with Gasteiger partial charge in [0.1, 0.15) is 0 Å². The molecule has 0 fully saturated rings. The fourth-order valence-electron chi connectivity index (χ4n) is 2.19. The summed E-state index contributed by atoms with van der Waals surface area (Å²) in [5.74, 6) is 1.49. The summed E-state index contributed by atoms with van der Waals surface area (Å²) < 4.78 is 1.19. The molecule has 0 aromatic carbocycles. The van der Waals surface area contributed by atoms with Crippen molar-refractivity contribution in [2.75, 3.05) is 26.2 Å². The number of nitrogens with one attached hydrogen (secondary N) is 1. The van der Waals surface area contributed by atoms with Gasteiger partial charge >= 0.3 is 0 Å². The van der Waals surface area contributed by atoms with Gasteiger partial charge in [-0.05, 0) is 33.8 Å². The van der Waals surface area contributed by atoms with Crippen molar-refractivity contribution >= 4 is 27.3 Å². The molecule has 0 aliphatic rings. The summed E-state index contributed by atoms with van der Waals surface area (Å²) >= 11 is 5.30. The van der Waals surface area contributed by atoms with Gasteiger partial charge in [-0.25, -0.2) is 0 Å². The maximum atomic E-state index is 3.54. The van der Waals surface area contributed by atoms with Crippen LogP contribution in [0.25, 0.3) is 0 Å². The zero-order valence-corrected chi connectivity index (χ0v) is 15.0. The smallest absolute Gasteiger partial charge is 0.0300 e. The van der Waals surface area contributed by atoms with Crippen LogP contribution in [0, 0.1) is 11.8 Å². The molecule has 110 valence electrons. The summed E-state index contributed by atoms with van der Waals surface area (Å²) in [4.78, 5) is 3.97. The third-order valence-electron chi connectivity index (χ3n) is 2.77. The highest BCUT2D eigenvalue weighted by Gasteiger charge is 2.08. The van der Waals surface area contributed by atoms with Crippen molar-refractivity contribution in [3.8, 4) is 0 Å². The summed E-state index contributed by atoms with van der Waals surface area (Å²) in [5.41, 5.74) is 0. The highest BCUT2D eigenvalue weighted by atomic mass is 79.9. The van der Waals surface area contributed by atoms with Gasteiger partial charge in [-0.3, -0.25) is 0 Å². The van der Waals surface area contributed by atoms with Crippen LogP contribution in [0.15, 0.2) is 15.9 Å². The molecular formula is C15H27BrN2S. The van der Waals surface area contributed by atoms with Gasteiger partial charge in [0.15, 0.2) is 0 Å². The number of halogens is 1.